The van der Waals surface area contributed by atoms with Crippen molar-refractivity contribution in [2.75, 3.05) is 20.3 Å². The number of nitrogens with one attached hydrogen (secondary N) is 1. The largest absolute Gasteiger partial charge is 0.380 e. The highest BCUT2D eigenvalue weighted by Crippen LogP contribution is 2.44. The molecule has 2 nitrogen and oxygen atoms in total. The standard InChI is InChI=1S/C12H25NO/c1-5-14-9-11(13-4)10-7-6-8-12(10,2)3/h10-11,13H,5-9H2,1-4H3. The molecule has 0 radical (unpaired) electrons. The lowest BCUT2D eigenvalue weighted by Crippen LogP contribution is -2.42. The number of likely N-dealkylation sites (N-methyl/N-ethyl adjacent to an activating group) is 1. The van der Waals surface area contributed by atoms with E-state index >= 15 is 0 Å². The molecule has 0 bridgehead atoms. The Labute approximate surface area is 88.4 Å². The third-order valence-corrected chi connectivity index (χ3v) is 3.70. The molecule has 0 amide bonds. The van der Waals surface area contributed by atoms with Crippen LogP contribution in [0.4, 0.5) is 0 Å². The van der Waals surface area contributed by atoms with Gasteiger partial charge in [-0.3, -0.25) is 0 Å². The molecule has 0 aliphatic heterocycles. The molecule has 14 heavy (non-hydrogen) atoms. The van der Waals surface area contributed by atoms with Crippen LogP contribution in [0, 0.1) is 11.3 Å². The van der Waals surface area contributed by atoms with Crippen LogP contribution < -0.4 is 5.32 Å². The summed E-state index contributed by atoms with van der Waals surface area (Å²) in [6.07, 6.45) is 4.09. The van der Waals surface area contributed by atoms with Crippen LogP contribution in [0.2, 0.25) is 0 Å². The van der Waals surface area contributed by atoms with E-state index in [4.69, 9.17) is 4.74 Å². The van der Waals surface area contributed by atoms with E-state index in [9.17, 15) is 0 Å². The molecule has 2 heteroatoms. The molecule has 0 spiro atoms. The second kappa shape index (κ2) is 5.13. The average molecular weight is 199 g/mol. The Morgan fingerprint density at radius 2 is 2.21 bits per heavy atom. The van der Waals surface area contributed by atoms with Crippen molar-refractivity contribution >= 4 is 0 Å². The van der Waals surface area contributed by atoms with Gasteiger partial charge in [0.25, 0.3) is 0 Å². The molecule has 0 heterocycles. The smallest absolute Gasteiger partial charge is 0.0622 e. The van der Waals surface area contributed by atoms with E-state index in [0.717, 1.165) is 19.1 Å². The summed E-state index contributed by atoms with van der Waals surface area (Å²) in [5.41, 5.74) is 0.491. The molecule has 84 valence electrons. The van der Waals surface area contributed by atoms with Gasteiger partial charge in [-0.25, -0.2) is 0 Å². The van der Waals surface area contributed by atoms with E-state index in [0.29, 0.717) is 11.5 Å². The minimum absolute atomic E-state index is 0.491. The van der Waals surface area contributed by atoms with Crippen molar-refractivity contribution in [1.29, 1.82) is 0 Å². The Kier molecular flexibility index (Phi) is 4.39. The van der Waals surface area contributed by atoms with Gasteiger partial charge in [0, 0.05) is 12.6 Å². The zero-order valence-corrected chi connectivity index (χ0v) is 10.1. The van der Waals surface area contributed by atoms with Crippen molar-refractivity contribution in [3.05, 3.63) is 0 Å². The summed E-state index contributed by atoms with van der Waals surface area (Å²) in [5, 5.41) is 3.41. The number of rotatable bonds is 5. The van der Waals surface area contributed by atoms with Crippen LogP contribution >= 0.6 is 0 Å². The fourth-order valence-electron chi connectivity index (χ4n) is 2.75. The van der Waals surface area contributed by atoms with Crippen molar-refractivity contribution < 1.29 is 4.74 Å². The Morgan fingerprint density at radius 3 is 2.64 bits per heavy atom. The van der Waals surface area contributed by atoms with Crippen molar-refractivity contribution in [3.63, 3.8) is 0 Å². The Bertz CT molecular complexity index is 168. The van der Waals surface area contributed by atoms with Gasteiger partial charge >= 0.3 is 0 Å². The molecular formula is C12H25NO. The summed E-state index contributed by atoms with van der Waals surface area (Å²) in [5.74, 6) is 0.777. The molecule has 0 aromatic rings. The zero-order valence-electron chi connectivity index (χ0n) is 10.1. The van der Waals surface area contributed by atoms with Crippen LogP contribution in [-0.4, -0.2) is 26.3 Å². The van der Waals surface area contributed by atoms with Crippen molar-refractivity contribution in [3.8, 4) is 0 Å². The summed E-state index contributed by atoms with van der Waals surface area (Å²) in [6.45, 7) is 8.53. The number of hydrogen-bond donors (Lipinski definition) is 1. The van der Waals surface area contributed by atoms with E-state index in [1.165, 1.54) is 19.3 Å². The van der Waals surface area contributed by atoms with E-state index < -0.39 is 0 Å². The predicted octanol–water partition coefficient (Wildman–Crippen LogP) is 2.44. The van der Waals surface area contributed by atoms with E-state index in [1.54, 1.807) is 0 Å². The van der Waals surface area contributed by atoms with E-state index in [2.05, 4.69) is 33.1 Å². The maximum Gasteiger partial charge on any atom is 0.0622 e. The van der Waals surface area contributed by atoms with Crippen LogP contribution in [0.25, 0.3) is 0 Å². The second-order valence-electron chi connectivity index (χ2n) is 5.04. The predicted molar refractivity (Wildman–Crippen MR) is 60.5 cm³/mol. The summed E-state index contributed by atoms with van der Waals surface area (Å²) < 4.78 is 5.53. The SMILES string of the molecule is CCOCC(NC)C1CCCC1(C)C. The van der Waals surface area contributed by atoms with Gasteiger partial charge in [-0.1, -0.05) is 20.3 Å². The molecule has 0 aromatic carbocycles. The first-order valence-electron chi connectivity index (χ1n) is 5.87. The lowest BCUT2D eigenvalue weighted by atomic mass is 9.78. The highest BCUT2D eigenvalue weighted by Gasteiger charge is 2.38. The lowest BCUT2D eigenvalue weighted by Gasteiger charge is -2.33. The number of hydrogen-bond acceptors (Lipinski definition) is 2. The van der Waals surface area contributed by atoms with E-state index in [-0.39, 0.29) is 0 Å². The van der Waals surface area contributed by atoms with Gasteiger partial charge in [0.2, 0.25) is 0 Å². The Hall–Kier alpha value is -0.0800. The molecule has 1 N–H and O–H groups in total. The summed E-state index contributed by atoms with van der Waals surface area (Å²) >= 11 is 0. The fourth-order valence-corrected chi connectivity index (χ4v) is 2.75. The minimum atomic E-state index is 0.491. The van der Waals surface area contributed by atoms with Crippen LogP contribution in [-0.2, 0) is 4.74 Å². The molecule has 0 aromatic heterocycles. The highest BCUT2D eigenvalue weighted by atomic mass is 16.5. The van der Waals surface area contributed by atoms with Gasteiger partial charge in [0.1, 0.15) is 0 Å². The highest BCUT2D eigenvalue weighted by molar-refractivity contribution is 4.91. The minimum Gasteiger partial charge on any atom is -0.380 e. The lowest BCUT2D eigenvalue weighted by molar-refractivity contribution is 0.0802. The van der Waals surface area contributed by atoms with Crippen molar-refractivity contribution in [1.82, 2.24) is 5.32 Å². The molecule has 1 aliphatic carbocycles. The first kappa shape index (κ1) is 12.0. The molecule has 1 saturated carbocycles. The van der Waals surface area contributed by atoms with Gasteiger partial charge in [-0.05, 0) is 38.1 Å². The average Bonchev–Trinajstić information content (AvgIpc) is 2.48. The first-order chi connectivity index (χ1) is 6.61. The van der Waals surface area contributed by atoms with Crippen LogP contribution in [0.15, 0.2) is 0 Å². The van der Waals surface area contributed by atoms with Gasteiger partial charge in [-0.2, -0.15) is 0 Å². The first-order valence-corrected chi connectivity index (χ1v) is 5.87. The summed E-state index contributed by atoms with van der Waals surface area (Å²) in [7, 11) is 2.05. The van der Waals surface area contributed by atoms with Crippen LogP contribution in [0.3, 0.4) is 0 Å². The molecule has 1 rings (SSSR count). The fraction of sp³-hybridized carbons (Fsp3) is 1.00. The zero-order chi connectivity index (χ0) is 10.6. The number of ether oxygens (including phenoxy) is 1. The molecule has 0 saturated heterocycles. The molecule has 2 atom stereocenters. The quantitative estimate of drug-likeness (QED) is 0.734. The van der Waals surface area contributed by atoms with E-state index in [1.807, 2.05) is 0 Å². The van der Waals surface area contributed by atoms with Gasteiger partial charge in [-0.15, -0.1) is 0 Å². The van der Waals surface area contributed by atoms with Gasteiger partial charge in [0.05, 0.1) is 6.61 Å². The van der Waals surface area contributed by atoms with Gasteiger partial charge in [0.15, 0.2) is 0 Å². The Morgan fingerprint density at radius 1 is 1.50 bits per heavy atom. The molecule has 1 aliphatic rings. The monoisotopic (exact) mass is 199 g/mol. The summed E-state index contributed by atoms with van der Waals surface area (Å²) in [6, 6.07) is 0.535. The third kappa shape index (κ3) is 2.71. The molecule has 1 fully saturated rings. The second-order valence-corrected chi connectivity index (χ2v) is 5.04. The molecular weight excluding hydrogens is 174 g/mol. The van der Waals surface area contributed by atoms with Crippen molar-refractivity contribution in [2.24, 2.45) is 11.3 Å². The normalized spacial score (nSPS) is 27.9. The Balaban J connectivity index is 2.50. The van der Waals surface area contributed by atoms with Crippen LogP contribution in [0.1, 0.15) is 40.0 Å². The topological polar surface area (TPSA) is 21.3 Å². The van der Waals surface area contributed by atoms with Gasteiger partial charge < -0.3 is 10.1 Å². The maximum atomic E-state index is 5.53. The molecule has 2 unspecified atom stereocenters. The van der Waals surface area contributed by atoms with Crippen molar-refractivity contribution in [2.45, 2.75) is 46.1 Å². The summed E-state index contributed by atoms with van der Waals surface area (Å²) in [4.78, 5) is 0. The van der Waals surface area contributed by atoms with Crippen LogP contribution in [0.5, 0.6) is 0 Å². The third-order valence-electron chi connectivity index (χ3n) is 3.70. The maximum absolute atomic E-state index is 5.53.